The van der Waals surface area contributed by atoms with Crippen LogP contribution < -0.4 is 4.90 Å². The number of hydrogen-bond donors (Lipinski definition) is 0. The average molecular weight is 898 g/mol. The van der Waals surface area contributed by atoms with Crippen molar-refractivity contribution in [1.29, 1.82) is 0 Å². The van der Waals surface area contributed by atoms with Gasteiger partial charge in [-0.2, -0.15) is 0 Å². The summed E-state index contributed by atoms with van der Waals surface area (Å²) >= 11 is 0. The van der Waals surface area contributed by atoms with Gasteiger partial charge >= 0.3 is 0 Å². The Labute approximate surface area is 412 Å². The van der Waals surface area contributed by atoms with Gasteiger partial charge < -0.3 is 4.90 Å². The van der Waals surface area contributed by atoms with Crippen LogP contribution >= 0.6 is 0 Å². The number of anilines is 3. The molecule has 1 nitrogen and oxygen atoms in total. The van der Waals surface area contributed by atoms with Crippen LogP contribution in [-0.4, -0.2) is 0 Å². The summed E-state index contributed by atoms with van der Waals surface area (Å²) < 4.78 is 0. The van der Waals surface area contributed by atoms with Gasteiger partial charge in [0, 0.05) is 22.4 Å². The minimum Gasteiger partial charge on any atom is -0.310 e. The van der Waals surface area contributed by atoms with Crippen LogP contribution in [0, 0.1) is 0 Å². The van der Waals surface area contributed by atoms with E-state index in [1.54, 1.807) is 16.7 Å². The van der Waals surface area contributed by atoms with Crippen molar-refractivity contribution in [2.45, 2.75) is 162 Å². The Balaban J connectivity index is 1.34. The van der Waals surface area contributed by atoms with Gasteiger partial charge in [0.15, 0.2) is 0 Å². The molecule has 0 N–H and O–H groups in total. The van der Waals surface area contributed by atoms with Crippen molar-refractivity contribution < 1.29 is 0 Å². The number of para-hydroxylation sites is 1. The molecule has 0 aromatic heterocycles. The van der Waals surface area contributed by atoms with Crippen molar-refractivity contribution in [1.82, 2.24) is 0 Å². The van der Waals surface area contributed by atoms with Crippen LogP contribution in [0.25, 0.3) is 33.4 Å². The van der Waals surface area contributed by atoms with E-state index in [4.69, 9.17) is 0 Å². The molecule has 7 aromatic rings. The highest BCUT2D eigenvalue weighted by atomic mass is 15.1. The van der Waals surface area contributed by atoms with Gasteiger partial charge in [0.25, 0.3) is 0 Å². The maximum absolute atomic E-state index is 2.68. The predicted octanol–water partition coefficient (Wildman–Crippen LogP) is 20.4. The molecule has 0 spiro atoms. The first-order valence-electron chi connectivity index (χ1n) is 26.6. The molecule has 0 aliphatic heterocycles. The Bertz CT molecular complexity index is 2710. The first kappa shape index (κ1) is 48.8. The van der Waals surface area contributed by atoms with E-state index in [1.165, 1.54) is 113 Å². The molecular formula is C67H79N. The second kappa shape index (κ2) is 21.3. The first-order chi connectivity index (χ1) is 33.0. The molecule has 1 aliphatic carbocycles. The summed E-state index contributed by atoms with van der Waals surface area (Å²) in [6, 6.07) is 60.9. The third kappa shape index (κ3) is 9.53. The lowest BCUT2D eigenvalue weighted by Crippen LogP contribution is -2.23. The SMILES string of the molecule is CCCCC(CC)c1cc(C(CC)CCC)c(-c2ccc(N(c3ccc4c(c3)C(C)(c3ccc(C(C)(C)C)cc3)c3ccccc3-4)c3ccccc3-c3ccccc3)cc2)c(C(CC)CCC)c1. The van der Waals surface area contributed by atoms with E-state index in [9.17, 15) is 0 Å². The number of rotatable bonds is 19. The highest BCUT2D eigenvalue weighted by Gasteiger charge is 2.41. The lowest BCUT2D eigenvalue weighted by Gasteiger charge is -2.32. The lowest BCUT2D eigenvalue weighted by molar-refractivity contribution is 0.556. The molecule has 0 bridgehead atoms. The van der Waals surface area contributed by atoms with Gasteiger partial charge in [-0.25, -0.2) is 0 Å². The average Bonchev–Trinajstić information content (AvgIpc) is 3.63. The van der Waals surface area contributed by atoms with Crippen LogP contribution in [0.15, 0.2) is 158 Å². The normalized spacial score (nSPS) is 15.7. The fourth-order valence-corrected chi connectivity index (χ4v) is 11.8. The molecule has 0 radical (unpaired) electrons. The summed E-state index contributed by atoms with van der Waals surface area (Å²) in [5.74, 6) is 1.66. The minimum atomic E-state index is -0.332. The minimum absolute atomic E-state index is 0.0830. The van der Waals surface area contributed by atoms with Gasteiger partial charge in [-0.05, 0) is 166 Å². The molecule has 0 amide bonds. The maximum Gasteiger partial charge on any atom is 0.0540 e. The summed E-state index contributed by atoms with van der Waals surface area (Å²) in [4.78, 5) is 2.53. The van der Waals surface area contributed by atoms with Gasteiger partial charge in [0.2, 0.25) is 0 Å². The van der Waals surface area contributed by atoms with Crippen LogP contribution in [0.4, 0.5) is 17.1 Å². The zero-order valence-corrected chi connectivity index (χ0v) is 43.3. The molecule has 0 saturated carbocycles. The Hall–Kier alpha value is -5.66. The number of unbranched alkanes of at least 4 members (excludes halogenated alkanes) is 1. The summed E-state index contributed by atoms with van der Waals surface area (Å²) in [7, 11) is 0. The molecule has 352 valence electrons. The Morgan fingerprint density at radius 1 is 0.471 bits per heavy atom. The topological polar surface area (TPSA) is 3.24 Å². The van der Waals surface area contributed by atoms with Gasteiger partial charge in [-0.1, -0.05) is 215 Å². The second-order valence-electron chi connectivity index (χ2n) is 21.1. The summed E-state index contributed by atoms with van der Waals surface area (Å²) in [6.07, 6.45) is 12.1. The molecule has 0 fully saturated rings. The van der Waals surface area contributed by atoms with Gasteiger partial charge in [-0.15, -0.1) is 0 Å². The molecule has 1 heteroatoms. The van der Waals surface area contributed by atoms with E-state index in [0.29, 0.717) is 17.8 Å². The quantitative estimate of drug-likeness (QED) is 0.0782. The molecule has 0 saturated heterocycles. The Morgan fingerprint density at radius 3 is 1.62 bits per heavy atom. The highest BCUT2D eigenvalue weighted by Crippen LogP contribution is 2.55. The largest absolute Gasteiger partial charge is 0.310 e. The summed E-state index contributed by atoms with van der Waals surface area (Å²) in [5.41, 5.74) is 21.3. The van der Waals surface area contributed by atoms with E-state index in [2.05, 4.69) is 232 Å². The number of hydrogen-bond acceptors (Lipinski definition) is 1. The standard InChI is InChI=1S/C67H79N/c1-11-17-27-47(14-4)52-44-60(48(15-5)25-12-2)65(61(45-52)49(16-6)26-13-3)51-34-40-55(41-35-51)68(64-33-24-22-30-57(64)50-28-19-18-20-29-50)56-42-43-59-58-31-21-23-32-62(58)67(10,63(59)46-56)54-38-36-53(37-39-54)66(7,8)9/h18-24,28-49H,11-17,25-27H2,1-10H3. The molecule has 4 unspecified atom stereocenters. The molecule has 8 rings (SSSR count). The van der Waals surface area contributed by atoms with Crippen LogP contribution in [0.5, 0.6) is 0 Å². The number of fused-ring (bicyclic) bond motifs is 3. The van der Waals surface area contributed by atoms with Crippen molar-refractivity contribution in [3.63, 3.8) is 0 Å². The Kier molecular flexibility index (Phi) is 15.3. The fourth-order valence-electron chi connectivity index (χ4n) is 11.8. The van der Waals surface area contributed by atoms with Crippen molar-refractivity contribution in [3.05, 3.63) is 197 Å². The van der Waals surface area contributed by atoms with Crippen LogP contribution in [0.1, 0.15) is 190 Å². The predicted molar refractivity (Wildman–Crippen MR) is 297 cm³/mol. The zero-order valence-electron chi connectivity index (χ0n) is 43.3. The zero-order chi connectivity index (χ0) is 48.0. The second-order valence-corrected chi connectivity index (χ2v) is 21.1. The number of benzene rings is 7. The van der Waals surface area contributed by atoms with Gasteiger partial charge in [0.05, 0.1) is 5.69 Å². The van der Waals surface area contributed by atoms with Crippen molar-refractivity contribution in [3.8, 4) is 33.4 Å². The maximum atomic E-state index is 2.68. The molecule has 0 heterocycles. The molecular weight excluding hydrogens is 819 g/mol. The third-order valence-electron chi connectivity index (χ3n) is 15.8. The van der Waals surface area contributed by atoms with Crippen molar-refractivity contribution in [2.24, 2.45) is 0 Å². The monoisotopic (exact) mass is 898 g/mol. The van der Waals surface area contributed by atoms with Crippen molar-refractivity contribution in [2.75, 3.05) is 4.90 Å². The highest BCUT2D eigenvalue weighted by molar-refractivity contribution is 5.91. The van der Waals surface area contributed by atoms with E-state index in [-0.39, 0.29) is 10.8 Å². The molecule has 7 aromatic carbocycles. The Morgan fingerprint density at radius 2 is 1.03 bits per heavy atom. The summed E-state index contributed by atoms with van der Waals surface area (Å²) in [5, 5.41) is 0. The van der Waals surface area contributed by atoms with E-state index < -0.39 is 0 Å². The fraction of sp³-hybridized carbons (Fsp3) is 0.373. The van der Waals surface area contributed by atoms with Crippen molar-refractivity contribution >= 4 is 17.1 Å². The van der Waals surface area contributed by atoms with Crippen LogP contribution in [0.3, 0.4) is 0 Å². The third-order valence-corrected chi connectivity index (χ3v) is 15.8. The first-order valence-corrected chi connectivity index (χ1v) is 26.6. The summed E-state index contributed by atoms with van der Waals surface area (Å²) in [6.45, 7) is 23.7. The van der Waals surface area contributed by atoms with Crippen LogP contribution in [0.2, 0.25) is 0 Å². The molecule has 4 atom stereocenters. The van der Waals surface area contributed by atoms with Gasteiger partial charge in [0.1, 0.15) is 0 Å². The van der Waals surface area contributed by atoms with E-state index >= 15 is 0 Å². The lowest BCUT2D eigenvalue weighted by atomic mass is 9.73. The smallest absolute Gasteiger partial charge is 0.0540 e. The van der Waals surface area contributed by atoms with E-state index in [0.717, 1.165) is 24.2 Å². The number of nitrogens with zero attached hydrogens (tertiary/aromatic N) is 1. The van der Waals surface area contributed by atoms with Crippen LogP contribution in [-0.2, 0) is 10.8 Å². The molecule has 1 aliphatic rings. The van der Waals surface area contributed by atoms with Gasteiger partial charge in [-0.3, -0.25) is 0 Å². The van der Waals surface area contributed by atoms with E-state index in [1.807, 2.05) is 0 Å². The molecule has 68 heavy (non-hydrogen) atoms.